The molecule has 2 aromatic rings. The third-order valence-electron chi connectivity index (χ3n) is 3.63. The molecular weight excluding hydrogens is 278 g/mol. The fourth-order valence-corrected chi connectivity index (χ4v) is 2.43. The zero-order valence-corrected chi connectivity index (χ0v) is 12.7. The van der Waals surface area contributed by atoms with Gasteiger partial charge in [-0.2, -0.15) is 0 Å². The Hall–Kier alpha value is -2.40. The predicted octanol–water partition coefficient (Wildman–Crippen LogP) is 1.90. The molecule has 0 heterocycles. The Morgan fingerprint density at radius 2 is 1.82 bits per heavy atom. The number of nitrogens with zero attached hydrogens (tertiary/aromatic N) is 1. The van der Waals surface area contributed by atoms with Crippen LogP contribution in [0.25, 0.3) is 10.8 Å². The van der Waals surface area contributed by atoms with Crippen molar-refractivity contribution in [3.8, 4) is 0 Å². The maximum Gasteiger partial charge on any atom is 0.318 e. The van der Waals surface area contributed by atoms with Crippen molar-refractivity contribution in [3.05, 3.63) is 48.0 Å². The van der Waals surface area contributed by atoms with Crippen LogP contribution in [0.1, 0.15) is 12.0 Å². The Morgan fingerprint density at radius 1 is 1.09 bits per heavy atom. The molecule has 116 valence electrons. The van der Waals surface area contributed by atoms with Gasteiger partial charge in [-0.15, -0.1) is 0 Å². The Balaban J connectivity index is 1.86. The molecule has 2 aromatic carbocycles. The van der Waals surface area contributed by atoms with Gasteiger partial charge >= 0.3 is 6.03 Å². The van der Waals surface area contributed by atoms with E-state index in [9.17, 15) is 9.59 Å². The number of nitrogens with two attached hydrogens (primary N) is 1. The van der Waals surface area contributed by atoms with Crippen LogP contribution in [0.2, 0.25) is 0 Å². The maximum atomic E-state index is 11.4. The average Bonchev–Trinajstić information content (AvgIpc) is 2.50. The first-order chi connectivity index (χ1) is 10.6. The third kappa shape index (κ3) is 4.56. The van der Waals surface area contributed by atoms with Crippen molar-refractivity contribution in [1.29, 1.82) is 0 Å². The number of rotatable bonds is 6. The lowest BCUT2D eigenvalue weighted by Gasteiger charge is -2.16. The van der Waals surface area contributed by atoms with E-state index in [2.05, 4.69) is 40.5 Å². The lowest BCUT2D eigenvalue weighted by atomic mass is 10.0. The number of urea groups is 1. The van der Waals surface area contributed by atoms with E-state index in [1.54, 1.807) is 0 Å². The zero-order chi connectivity index (χ0) is 15.9. The number of fused-ring (bicyclic) bond motifs is 1. The van der Waals surface area contributed by atoms with Gasteiger partial charge in [-0.1, -0.05) is 42.5 Å². The van der Waals surface area contributed by atoms with E-state index in [1.807, 2.05) is 19.2 Å². The predicted molar refractivity (Wildman–Crippen MR) is 87.5 cm³/mol. The number of hydrogen-bond acceptors (Lipinski definition) is 3. The number of imide groups is 1. The van der Waals surface area contributed by atoms with Crippen molar-refractivity contribution in [2.24, 2.45) is 5.73 Å². The molecule has 0 aliphatic rings. The summed E-state index contributed by atoms with van der Waals surface area (Å²) in [5, 5.41) is 4.58. The highest BCUT2D eigenvalue weighted by Gasteiger charge is 2.07. The van der Waals surface area contributed by atoms with E-state index in [0.29, 0.717) is 6.54 Å². The molecule has 3 N–H and O–H groups in total. The smallest absolute Gasteiger partial charge is 0.318 e. The summed E-state index contributed by atoms with van der Waals surface area (Å²) in [6, 6.07) is 13.8. The Labute approximate surface area is 130 Å². The number of hydrogen-bond donors (Lipinski definition) is 2. The molecule has 0 bridgehead atoms. The van der Waals surface area contributed by atoms with Crippen molar-refractivity contribution < 1.29 is 9.59 Å². The molecule has 0 aliphatic carbocycles. The van der Waals surface area contributed by atoms with Gasteiger partial charge in [0.05, 0.1) is 0 Å². The van der Waals surface area contributed by atoms with Crippen LogP contribution in [0.15, 0.2) is 42.5 Å². The molecule has 0 aliphatic heterocycles. The summed E-state index contributed by atoms with van der Waals surface area (Å²) in [6.07, 6.45) is 1.17. The van der Waals surface area contributed by atoms with Crippen LogP contribution in [0.5, 0.6) is 0 Å². The van der Waals surface area contributed by atoms with Crippen LogP contribution in [-0.2, 0) is 11.2 Å². The number of primary amides is 1. The fourth-order valence-electron chi connectivity index (χ4n) is 2.43. The first-order valence-corrected chi connectivity index (χ1v) is 7.31. The second kappa shape index (κ2) is 7.56. The second-order valence-corrected chi connectivity index (χ2v) is 5.35. The molecule has 0 atom stereocenters. The topological polar surface area (TPSA) is 75.4 Å². The highest BCUT2D eigenvalue weighted by Crippen LogP contribution is 2.18. The van der Waals surface area contributed by atoms with Crippen LogP contribution < -0.4 is 11.1 Å². The van der Waals surface area contributed by atoms with Gasteiger partial charge in [-0.05, 0) is 29.8 Å². The van der Waals surface area contributed by atoms with Crippen molar-refractivity contribution in [2.45, 2.75) is 12.8 Å². The SMILES string of the molecule is CN(CCC(=O)NC(N)=O)CCc1cccc2ccccc12. The van der Waals surface area contributed by atoms with E-state index in [4.69, 9.17) is 5.73 Å². The van der Waals surface area contributed by atoms with Gasteiger partial charge < -0.3 is 10.6 Å². The molecule has 0 radical (unpaired) electrons. The van der Waals surface area contributed by atoms with Crippen LogP contribution in [0, 0.1) is 0 Å². The average molecular weight is 299 g/mol. The van der Waals surface area contributed by atoms with Gasteiger partial charge in [0.1, 0.15) is 0 Å². The number of carbonyl (C=O) groups excluding carboxylic acids is 2. The quantitative estimate of drug-likeness (QED) is 0.855. The van der Waals surface area contributed by atoms with Crippen LogP contribution >= 0.6 is 0 Å². The lowest BCUT2D eigenvalue weighted by Crippen LogP contribution is -2.37. The minimum atomic E-state index is -0.802. The highest BCUT2D eigenvalue weighted by atomic mass is 16.2. The normalized spacial score (nSPS) is 10.8. The maximum absolute atomic E-state index is 11.4. The van der Waals surface area contributed by atoms with E-state index in [-0.39, 0.29) is 12.3 Å². The molecule has 0 saturated carbocycles. The molecule has 5 heteroatoms. The molecule has 0 fully saturated rings. The van der Waals surface area contributed by atoms with Crippen molar-refractivity contribution in [1.82, 2.24) is 10.2 Å². The van der Waals surface area contributed by atoms with Gasteiger partial charge in [0, 0.05) is 19.5 Å². The summed E-state index contributed by atoms with van der Waals surface area (Å²) < 4.78 is 0. The van der Waals surface area contributed by atoms with Gasteiger partial charge in [0.2, 0.25) is 5.91 Å². The first-order valence-electron chi connectivity index (χ1n) is 7.31. The summed E-state index contributed by atoms with van der Waals surface area (Å²) >= 11 is 0. The van der Waals surface area contributed by atoms with Crippen molar-refractivity contribution in [3.63, 3.8) is 0 Å². The molecule has 0 saturated heterocycles. The van der Waals surface area contributed by atoms with E-state index in [0.717, 1.165) is 13.0 Å². The Morgan fingerprint density at radius 3 is 2.59 bits per heavy atom. The summed E-state index contributed by atoms with van der Waals surface area (Å²) in [7, 11) is 1.96. The minimum Gasteiger partial charge on any atom is -0.351 e. The Kier molecular flexibility index (Phi) is 5.49. The summed E-state index contributed by atoms with van der Waals surface area (Å²) in [6.45, 7) is 1.43. The first kappa shape index (κ1) is 16.0. The largest absolute Gasteiger partial charge is 0.351 e. The molecule has 0 unspecified atom stereocenters. The summed E-state index contributed by atoms with van der Waals surface area (Å²) in [4.78, 5) is 24.0. The molecule has 22 heavy (non-hydrogen) atoms. The molecular formula is C17H21N3O2. The van der Waals surface area contributed by atoms with Crippen LogP contribution in [-0.4, -0.2) is 37.0 Å². The van der Waals surface area contributed by atoms with Gasteiger partial charge in [-0.25, -0.2) is 4.79 Å². The van der Waals surface area contributed by atoms with E-state index >= 15 is 0 Å². The molecule has 2 rings (SSSR count). The molecule has 0 aromatic heterocycles. The summed E-state index contributed by atoms with van der Waals surface area (Å²) in [5.74, 6) is -0.343. The number of nitrogens with one attached hydrogen (secondary N) is 1. The van der Waals surface area contributed by atoms with Gasteiger partial charge in [-0.3, -0.25) is 10.1 Å². The van der Waals surface area contributed by atoms with Crippen molar-refractivity contribution in [2.75, 3.05) is 20.1 Å². The number of benzene rings is 2. The van der Waals surface area contributed by atoms with Crippen LogP contribution in [0.3, 0.4) is 0 Å². The Bertz CT molecular complexity index is 665. The number of amides is 3. The van der Waals surface area contributed by atoms with Crippen molar-refractivity contribution >= 4 is 22.7 Å². The second-order valence-electron chi connectivity index (χ2n) is 5.35. The number of carbonyl (C=O) groups is 2. The minimum absolute atomic E-state index is 0.259. The van der Waals surface area contributed by atoms with E-state index in [1.165, 1.54) is 16.3 Å². The lowest BCUT2D eigenvalue weighted by molar-refractivity contribution is -0.120. The molecule has 5 nitrogen and oxygen atoms in total. The molecule has 0 spiro atoms. The third-order valence-corrected chi connectivity index (χ3v) is 3.63. The number of likely N-dealkylation sites (N-methyl/N-ethyl adjacent to an activating group) is 1. The zero-order valence-electron chi connectivity index (χ0n) is 12.7. The highest BCUT2D eigenvalue weighted by molar-refractivity contribution is 5.93. The van der Waals surface area contributed by atoms with Gasteiger partial charge in [0.15, 0.2) is 0 Å². The summed E-state index contributed by atoms with van der Waals surface area (Å²) in [5.41, 5.74) is 6.20. The standard InChI is InChI=1S/C17H21N3O2/c1-20(12-10-16(21)19-17(18)22)11-9-14-7-4-6-13-5-2-3-8-15(13)14/h2-8H,9-12H2,1H3,(H3,18,19,21,22). The van der Waals surface area contributed by atoms with E-state index < -0.39 is 6.03 Å². The van der Waals surface area contributed by atoms with Crippen LogP contribution in [0.4, 0.5) is 4.79 Å². The molecule has 3 amide bonds. The van der Waals surface area contributed by atoms with Gasteiger partial charge in [0.25, 0.3) is 0 Å². The fraction of sp³-hybridized carbons (Fsp3) is 0.294. The monoisotopic (exact) mass is 299 g/mol.